The first kappa shape index (κ1) is 23.4. The van der Waals surface area contributed by atoms with E-state index in [9.17, 15) is 14.8 Å². The van der Waals surface area contributed by atoms with Gasteiger partial charge in [0.05, 0.1) is 0 Å². The summed E-state index contributed by atoms with van der Waals surface area (Å²) in [6, 6.07) is 0. The van der Waals surface area contributed by atoms with Crippen LogP contribution in [0.3, 0.4) is 0 Å². The topological polar surface area (TPSA) is 82.1 Å². The Labute approximate surface area is 173 Å². The van der Waals surface area contributed by atoms with E-state index in [1.807, 2.05) is 13.0 Å². The van der Waals surface area contributed by atoms with E-state index >= 15 is 0 Å². The molecule has 1 aliphatic carbocycles. The monoisotopic (exact) mass is 406 g/mol. The summed E-state index contributed by atoms with van der Waals surface area (Å²) in [6.45, 7) is 13.2. The molecule has 0 aromatic carbocycles. The molecular weight excluding hydrogens is 372 g/mol. The number of esters is 2. The Morgan fingerprint density at radius 2 is 2.03 bits per heavy atom. The molecule has 1 aliphatic heterocycles. The molecule has 0 bridgehead atoms. The van der Waals surface area contributed by atoms with Gasteiger partial charge in [0.25, 0.3) is 0 Å². The summed E-state index contributed by atoms with van der Waals surface area (Å²) < 4.78 is 11.1. The number of carbonyl (C=O) groups is 2. The van der Waals surface area contributed by atoms with Crippen molar-refractivity contribution in [3.8, 4) is 0 Å². The number of allylic oxidation sites excluding steroid dienone is 3. The van der Waals surface area contributed by atoms with Gasteiger partial charge in [0.1, 0.15) is 17.8 Å². The maximum atomic E-state index is 12.1. The van der Waals surface area contributed by atoms with Crippen molar-refractivity contribution in [2.24, 2.45) is 11.8 Å². The summed E-state index contributed by atoms with van der Waals surface area (Å²) in [7, 11) is 0. The smallest absolute Gasteiger partial charge is 0.334 e. The molecule has 1 N–H and O–H groups in total. The molecule has 0 saturated carbocycles. The molecule has 0 aromatic heterocycles. The van der Waals surface area contributed by atoms with E-state index in [1.54, 1.807) is 6.92 Å². The van der Waals surface area contributed by atoms with Crippen LogP contribution in [0, 0.1) is 11.8 Å². The number of hydrogen-bond donors (Lipinski definition) is 1. The van der Waals surface area contributed by atoms with Gasteiger partial charge in [-0.25, -0.2) is 9.68 Å². The number of hydrogen-bond acceptors (Lipinski definition) is 6. The maximum Gasteiger partial charge on any atom is 0.334 e. The van der Waals surface area contributed by atoms with Crippen LogP contribution in [-0.2, 0) is 24.0 Å². The molecule has 2 rings (SSSR count). The molecular formula is C23H34O6. The first-order valence-corrected chi connectivity index (χ1v) is 10.3. The summed E-state index contributed by atoms with van der Waals surface area (Å²) in [5.41, 5.74) is 1.73. The van der Waals surface area contributed by atoms with E-state index in [1.165, 1.54) is 12.5 Å². The molecule has 0 radical (unpaired) electrons. The Kier molecular flexibility index (Phi) is 7.83. The normalized spacial score (nSPS) is 38.0. The van der Waals surface area contributed by atoms with Gasteiger partial charge in [-0.05, 0) is 64.9 Å². The molecule has 1 saturated heterocycles. The first-order valence-electron chi connectivity index (χ1n) is 10.3. The summed E-state index contributed by atoms with van der Waals surface area (Å²) >= 11 is 0. The minimum Gasteiger partial charge on any atom is -0.459 e. The van der Waals surface area contributed by atoms with Crippen molar-refractivity contribution in [1.82, 2.24) is 0 Å². The molecule has 1 unspecified atom stereocenters. The SMILES string of the molecule is C=C1C(=O)O[C@H]2/C=C(\C)CCC(OC(C)=O)[C@@](C)(OO)CC[C@H](C)/C(C)=C/C[C@@H]12. The Hall–Kier alpha value is -1.92. The molecule has 0 amide bonds. The van der Waals surface area contributed by atoms with Crippen molar-refractivity contribution in [1.29, 1.82) is 0 Å². The number of fused-ring (bicyclic) bond motifs is 1. The van der Waals surface area contributed by atoms with E-state index in [0.717, 1.165) is 12.0 Å². The second kappa shape index (κ2) is 9.72. The van der Waals surface area contributed by atoms with Crippen LogP contribution in [0.15, 0.2) is 35.5 Å². The molecule has 2 aliphatic rings. The van der Waals surface area contributed by atoms with Crippen molar-refractivity contribution in [3.05, 3.63) is 35.5 Å². The zero-order chi connectivity index (χ0) is 21.8. The Morgan fingerprint density at radius 3 is 2.66 bits per heavy atom. The van der Waals surface area contributed by atoms with Crippen LogP contribution < -0.4 is 0 Å². The van der Waals surface area contributed by atoms with Crippen LogP contribution in [0.25, 0.3) is 0 Å². The molecule has 6 heteroatoms. The van der Waals surface area contributed by atoms with Gasteiger partial charge in [-0.3, -0.25) is 10.1 Å². The third-order valence-electron chi connectivity index (χ3n) is 6.34. The van der Waals surface area contributed by atoms with Crippen LogP contribution in [-0.4, -0.2) is 35.0 Å². The average molecular weight is 407 g/mol. The third kappa shape index (κ3) is 5.80. The highest BCUT2D eigenvalue weighted by Gasteiger charge is 2.40. The zero-order valence-corrected chi connectivity index (χ0v) is 18.2. The van der Waals surface area contributed by atoms with Crippen molar-refractivity contribution in [2.45, 2.75) is 84.5 Å². The minimum absolute atomic E-state index is 0.0714. The number of ether oxygens (including phenoxy) is 2. The Morgan fingerprint density at radius 1 is 1.34 bits per heavy atom. The molecule has 29 heavy (non-hydrogen) atoms. The van der Waals surface area contributed by atoms with Gasteiger partial charge in [-0.2, -0.15) is 0 Å². The van der Waals surface area contributed by atoms with Crippen LogP contribution in [0.5, 0.6) is 0 Å². The Bertz CT molecular complexity index is 706. The second-order valence-corrected chi connectivity index (χ2v) is 8.68. The minimum atomic E-state index is -0.999. The lowest BCUT2D eigenvalue weighted by Gasteiger charge is -2.35. The van der Waals surface area contributed by atoms with Crippen molar-refractivity contribution < 1.29 is 29.2 Å². The van der Waals surface area contributed by atoms with Gasteiger partial charge in [0.15, 0.2) is 0 Å². The lowest BCUT2D eigenvalue weighted by atomic mass is 9.83. The van der Waals surface area contributed by atoms with Gasteiger partial charge < -0.3 is 9.47 Å². The van der Waals surface area contributed by atoms with Gasteiger partial charge in [-0.1, -0.05) is 30.7 Å². The highest BCUT2D eigenvalue weighted by Crippen LogP contribution is 2.35. The molecule has 1 heterocycles. The van der Waals surface area contributed by atoms with E-state index < -0.39 is 17.7 Å². The quantitative estimate of drug-likeness (QED) is 0.234. The van der Waals surface area contributed by atoms with Gasteiger partial charge >= 0.3 is 11.9 Å². The second-order valence-electron chi connectivity index (χ2n) is 8.68. The molecule has 0 spiro atoms. The van der Waals surface area contributed by atoms with Crippen LogP contribution >= 0.6 is 0 Å². The third-order valence-corrected chi connectivity index (χ3v) is 6.34. The van der Waals surface area contributed by atoms with Gasteiger partial charge in [0, 0.05) is 18.4 Å². The molecule has 5 atom stereocenters. The van der Waals surface area contributed by atoms with Gasteiger partial charge in [0.2, 0.25) is 0 Å². The number of rotatable bonds is 2. The predicted molar refractivity (Wildman–Crippen MR) is 110 cm³/mol. The molecule has 6 nitrogen and oxygen atoms in total. The van der Waals surface area contributed by atoms with Crippen LogP contribution in [0.1, 0.15) is 66.7 Å². The van der Waals surface area contributed by atoms with E-state index in [-0.39, 0.29) is 23.9 Å². The highest BCUT2D eigenvalue weighted by atomic mass is 17.1. The van der Waals surface area contributed by atoms with E-state index in [4.69, 9.17) is 14.4 Å². The van der Waals surface area contributed by atoms with Crippen molar-refractivity contribution >= 4 is 11.9 Å². The van der Waals surface area contributed by atoms with Crippen LogP contribution in [0.2, 0.25) is 0 Å². The summed E-state index contributed by atoms with van der Waals surface area (Å²) in [5, 5.41) is 9.65. The molecule has 162 valence electrons. The highest BCUT2D eigenvalue weighted by molar-refractivity contribution is 5.91. The van der Waals surface area contributed by atoms with E-state index in [2.05, 4.69) is 26.5 Å². The Balaban J connectivity index is 2.37. The van der Waals surface area contributed by atoms with Crippen LogP contribution in [0.4, 0.5) is 0 Å². The zero-order valence-electron chi connectivity index (χ0n) is 18.2. The van der Waals surface area contributed by atoms with E-state index in [0.29, 0.717) is 31.3 Å². The molecule has 0 aromatic rings. The standard InChI is InChI=1S/C23H34O6/c1-14-7-10-21(27-18(5)24)23(6,29-26)12-11-16(3)15(2)8-9-19-17(4)22(25)28-20(19)13-14/h8,13,16,19-21,26H,4,7,9-12H2,1-3,5-6H3/b14-13+,15-8+/t16-,19-,20-,21?,23-/m0/s1. The lowest BCUT2D eigenvalue weighted by molar-refractivity contribution is -0.342. The summed E-state index contributed by atoms with van der Waals surface area (Å²) in [6.07, 6.45) is 6.27. The van der Waals surface area contributed by atoms with Crippen molar-refractivity contribution in [3.63, 3.8) is 0 Å². The van der Waals surface area contributed by atoms with Crippen molar-refractivity contribution in [2.75, 3.05) is 0 Å². The first-order chi connectivity index (χ1) is 13.6. The largest absolute Gasteiger partial charge is 0.459 e. The summed E-state index contributed by atoms with van der Waals surface area (Å²) in [4.78, 5) is 28.6. The maximum absolute atomic E-state index is 12.1. The fourth-order valence-corrected chi connectivity index (χ4v) is 3.98. The average Bonchev–Trinajstić information content (AvgIpc) is 2.92. The number of carbonyl (C=O) groups excluding carboxylic acids is 2. The van der Waals surface area contributed by atoms with Gasteiger partial charge in [-0.15, -0.1) is 0 Å². The summed E-state index contributed by atoms with van der Waals surface area (Å²) in [5.74, 6) is -0.581. The fourth-order valence-electron chi connectivity index (χ4n) is 3.98. The lowest BCUT2D eigenvalue weighted by Crippen LogP contribution is -2.44. The fraction of sp³-hybridized carbons (Fsp3) is 0.652. The predicted octanol–water partition coefficient (Wildman–Crippen LogP) is 4.76. The molecule has 1 fully saturated rings.